The Kier molecular flexibility index (Phi) is 6.62. The van der Waals surface area contributed by atoms with Crippen LogP contribution in [0.15, 0.2) is 0 Å². The molecule has 0 bridgehead atoms. The van der Waals surface area contributed by atoms with Crippen LogP contribution >= 0.6 is 0 Å². The fourth-order valence-electron chi connectivity index (χ4n) is 2.92. The first-order valence-corrected chi connectivity index (χ1v) is 7.08. The molecule has 2 N–H and O–H groups in total. The van der Waals surface area contributed by atoms with Crippen molar-refractivity contribution in [2.45, 2.75) is 76.4 Å². The summed E-state index contributed by atoms with van der Waals surface area (Å²) in [6, 6.07) is 0.147. The van der Waals surface area contributed by atoms with E-state index in [1.807, 2.05) is 0 Å². The summed E-state index contributed by atoms with van der Waals surface area (Å²) in [5.74, 6) is 2.69. The first kappa shape index (κ1) is 14.5. The van der Waals surface area contributed by atoms with Gasteiger partial charge < -0.3 is 10.5 Å². The van der Waals surface area contributed by atoms with Gasteiger partial charge in [-0.3, -0.25) is 0 Å². The molecule has 0 aromatic rings. The number of hydrogen-bond acceptors (Lipinski definition) is 2. The molecule has 0 aromatic carbocycles. The molecule has 98 valence electrons. The molecule has 0 radical (unpaired) electrons. The molecule has 1 aliphatic carbocycles. The van der Waals surface area contributed by atoms with Gasteiger partial charge in [-0.25, -0.2) is 0 Å². The van der Waals surface area contributed by atoms with Crippen molar-refractivity contribution in [1.82, 2.24) is 0 Å². The zero-order valence-corrected chi connectivity index (χ0v) is 11.2. The van der Waals surface area contributed by atoms with Crippen LogP contribution in [0.25, 0.3) is 0 Å². The Labute approximate surface area is 106 Å². The second kappa shape index (κ2) is 7.74. The van der Waals surface area contributed by atoms with Gasteiger partial charge in [0.2, 0.25) is 0 Å². The normalized spacial score (nSPS) is 21.5. The lowest BCUT2D eigenvalue weighted by Gasteiger charge is -2.38. The van der Waals surface area contributed by atoms with E-state index in [-0.39, 0.29) is 11.6 Å². The standard InChI is InChI=1S/C15H27NO/c1-3-5-8-11-14(16)15(17-4-2)12-9-6-7-10-13-15/h1,14H,4-13,16H2,2H3. The molecule has 0 amide bonds. The molecule has 1 aliphatic rings. The van der Waals surface area contributed by atoms with Gasteiger partial charge in [-0.1, -0.05) is 25.7 Å². The highest BCUT2D eigenvalue weighted by molar-refractivity contribution is 4.94. The van der Waals surface area contributed by atoms with Crippen molar-refractivity contribution in [2.24, 2.45) is 5.73 Å². The van der Waals surface area contributed by atoms with Crippen molar-refractivity contribution in [2.75, 3.05) is 6.61 Å². The highest BCUT2D eigenvalue weighted by atomic mass is 16.5. The van der Waals surface area contributed by atoms with Gasteiger partial charge in [-0.05, 0) is 32.6 Å². The fourth-order valence-corrected chi connectivity index (χ4v) is 2.92. The van der Waals surface area contributed by atoms with Gasteiger partial charge in [0, 0.05) is 19.1 Å². The Bertz CT molecular complexity index is 236. The number of rotatable bonds is 6. The summed E-state index contributed by atoms with van der Waals surface area (Å²) in [7, 11) is 0. The van der Waals surface area contributed by atoms with E-state index in [1.54, 1.807) is 0 Å². The maximum absolute atomic E-state index is 6.39. The minimum Gasteiger partial charge on any atom is -0.374 e. The summed E-state index contributed by atoms with van der Waals surface area (Å²) in [6.45, 7) is 2.84. The molecule has 2 nitrogen and oxygen atoms in total. The van der Waals surface area contributed by atoms with Crippen molar-refractivity contribution in [3.8, 4) is 12.3 Å². The van der Waals surface area contributed by atoms with Crippen molar-refractivity contribution >= 4 is 0 Å². The van der Waals surface area contributed by atoms with Gasteiger partial charge in [-0.15, -0.1) is 12.3 Å². The predicted molar refractivity (Wildman–Crippen MR) is 72.7 cm³/mol. The molecule has 0 saturated heterocycles. The molecule has 2 heteroatoms. The Hall–Kier alpha value is -0.520. The van der Waals surface area contributed by atoms with Crippen LogP contribution in [-0.4, -0.2) is 18.2 Å². The van der Waals surface area contributed by atoms with Crippen LogP contribution < -0.4 is 5.73 Å². The molecule has 0 spiro atoms. The third-order valence-corrected chi connectivity index (χ3v) is 3.89. The Balaban J connectivity index is 2.57. The van der Waals surface area contributed by atoms with Crippen molar-refractivity contribution in [3.05, 3.63) is 0 Å². The summed E-state index contributed by atoms with van der Waals surface area (Å²) < 4.78 is 6.07. The highest BCUT2D eigenvalue weighted by Crippen LogP contribution is 2.34. The van der Waals surface area contributed by atoms with Crippen molar-refractivity contribution in [3.63, 3.8) is 0 Å². The SMILES string of the molecule is C#CCCCC(N)C1(OCC)CCCCCC1. The van der Waals surface area contributed by atoms with Crippen LogP contribution in [0.1, 0.15) is 64.7 Å². The minimum absolute atomic E-state index is 0.0696. The molecule has 1 rings (SSSR count). The second-order valence-corrected chi connectivity index (χ2v) is 5.11. The summed E-state index contributed by atoms with van der Waals surface area (Å²) in [4.78, 5) is 0. The Morgan fingerprint density at radius 3 is 2.47 bits per heavy atom. The van der Waals surface area contributed by atoms with Gasteiger partial charge >= 0.3 is 0 Å². The number of hydrogen-bond donors (Lipinski definition) is 1. The smallest absolute Gasteiger partial charge is 0.0832 e. The molecule has 0 aliphatic heterocycles. The number of unbranched alkanes of at least 4 members (excludes halogenated alkanes) is 1. The van der Waals surface area contributed by atoms with Crippen LogP contribution in [0.3, 0.4) is 0 Å². The summed E-state index contributed by atoms with van der Waals surface area (Å²) in [6.07, 6.45) is 15.5. The first-order valence-electron chi connectivity index (χ1n) is 7.08. The maximum Gasteiger partial charge on any atom is 0.0832 e. The molecular weight excluding hydrogens is 210 g/mol. The van der Waals surface area contributed by atoms with E-state index in [0.29, 0.717) is 0 Å². The third kappa shape index (κ3) is 4.33. The van der Waals surface area contributed by atoms with E-state index in [9.17, 15) is 0 Å². The number of terminal acetylenes is 1. The molecule has 1 saturated carbocycles. The quantitative estimate of drug-likeness (QED) is 0.437. The lowest BCUT2D eigenvalue weighted by Crippen LogP contribution is -2.50. The lowest BCUT2D eigenvalue weighted by atomic mass is 9.84. The molecule has 1 atom stereocenters. The van der Waals surface area contributed by atoms with E-state index >= 15 is 0 Å². The largest absolute Gasteiger partial charge is 0.374 e. The van der Waals surface area contributed by atoms with Crippen LogP contribution in [-0.2, 0) is 4.74 Å². The van der Waals surface area contributed by atoms with E-state index < -0.39 is 0 Å². The predicted octanol–water partition coefficient (Wildman–Crippen LogP) is 3.25. The van der Waals surface area contributed by atoms with Crippen molar-refractivity contribution in [1.29, 1.82) is 0 Å². The summed E-state index contributed by atoms with van der Waals surface area (Å²) in [5, 5.41) is 0. The minimum atomic E-state index is -0.0696. The zero-order valence-electron chi connectivity index (χ0n) is 11.2. The average Bonchev–Trinajstić information content (AvgIpc) is 2.56. The fraction of sp³-hybridized carbons (Fsp3) is 0.867. The van der Waals surface area contributed by atoms with E-state index in [2.05, 4.69) is 12.8 Å². The average molecular weight is 237 g/mol. The Morgan fingerprint density at radius 2 is 1.94 bits per heavy atom. The zero-order chi connectivity index (χ0) is 12.6. The summed E-state index contributed by atoms with van der Waals surface area (Å²) >= 11 is 0. The highest BCUT2D eigenvalue weighted by Gasteiger charge is 2.37. The molecule has 0 aromatic heterocycles. The van der Waals surface area contributed by atoms with E-state index in [1.165, 1.54) is 25.7 Å². The van der Waals surface area contributed by atoms with Crippen LogP contribution in [0.2, 0.25) is 0 Å². The maximum atomic E-state index is 6.39. The Morgan fingerprint density at radius 1 is 1.29 bits per heavy atom. The van der Waals surface area contributed by atoms with E-state index in [4.69, 9.17) is 16.9 Å². The van der Waals surface area contributed by atoms with Gasteiger partial charge in [-0.2, -0.15) is 0 Å². The third-order valence-electron chi connectivity index (χ3n) is 3.89. The molecular formula is C15H27NO. The monoisotopic (exact) mass is 237 g/mol. The molecule has 1 fully saturated rings. The topological polar surface area (TPSA) is 35.2 Å². The molecule has 1 unspecified atom stereocenters. The van der Waals surface area contributed by atoms with Gasteiger partial charge in [0.1, 0.15) is 0 Å². The van der Waals surface area contributed by atoms with Crippen LogP contribution in [0.4, 0.5) is 0 Å². The van der Waals surface area contributed by atoms with Gasteiger partial charge in [0.05, 0.1) is 5.60 Å². The first-order chi connectivity index (χ1) is 8.25. The second-order valence-electron chi connectivity index (χ2n) is 5.11. The van der Waals surface area contributed by atoms with Gasteiger partial charge in [0.15, 0.2) is 0 Å². The molecule has 0 heterocycles. The van der Waals surface area contributed by atoms with Crippen LogP contribution in [0.5, 0.6) is 0 Å². The number of ether oxygens (including phenoxy) is 1. The summed E-state index contributed by atoms with van der Waals surface area (Å²) in [5.41, 5.74) is 6.32. The van der Waals surface area contributed by atoms with Gasteiger partial charge in [0.25, 0.3) is 0 Å². The number of nitrogens with two attached hydrogens (primary N) is 1. The van der Waals surface area contributed by atoms with Crippen molar-refractivity contribution < 1.29 is 4.74 Å². The molecule has 17 heavy (non-hydrogen) atoms. The van der Waals surface area contributed by atoms with Crippen LogP contribution in [0, 0.1) is 12.3 Å². The van der Waals surface area contributed by atoms with E-state index in [0.717, 1.165) is 38.7 Å². The lowest BCUT2D eigenvalue weighted by molar-refractivity contribution is -0.0702.